The van der Waals surface area contributed by atoms with Gasteiger partial charge >= 0.3 is 0 Å². The van der Waals surface area contributed by atoms with Crippen LogP contribution in [0, 0.1) is 0 Å². The van der Waals surface area contributed by atoms with E-state index in [1.807, 2.05) is 60.7 Å². The molecule has 3 rings (SSSR count). The summed E-state index contributed by atoms with van der Waals surface area (Å²) >= 11 is 0. The van der Waals surface area contributed by atoms with Gasteiger partial charge in [-0.2, -0.15) is 0 Å². The van der Waals surface area contributed by atoms with Gasteiger partial charge in [-0.3, -0.25) is 4.79 Å². The van der Waals surface area contributed by atoms with Crippen LogP contribution in [0.1, 0.15) is 5.56 Å². The Morgan fingerprint density at radius 1 is 0.864 bits per heavy atom. The maximum atomic E-state index is 12.3. The zero-order valence-electron chi connectivity index (χ0n) is 12.4. The maximum Gasteiger partial charge on any atom is 0.251 e. The minimum Gasteiger partial charge on any atom is -0.497 e. The number of rotatable bonds is 4. The van der Waals surface area contributed by atoms with Crippen molar-refractivity contribution in [3.8, 4) is 17.0 Å². The summed E-state index contributed by atoms with van der Waals surface area (Å²) < 4.78 is 6.97. The van der Waals surface area contributed by atoms with Crippen LogP contribution < -0.4 is 10.3 Å². The minimum absolute atomic E-state index is 0.00262. The fourth-order valence-electron chi connectivity index (χ4n) is 2.46. The molecule has 0 bridgehead atoms. The molecule has 3 nitrogen and oxygen atoms in total. The van der Waals surface area contributed by atoms with Crippen molar-refractivity contribution >= 4 is 0 Å². The monoisotopic (exact) mass is 291 g/mol. The number of ether oxygens (including phenoxy) is 1. The molecule has 3 heteroatoms. The minimum atomic E-state index is -0.00262. The van der Waals surface area contributed by atoms with E-state index in [4.69, 9.17) is 4.74 Å². The molecule has 0 fully saturated rings. The van der Waals surface area contributed by atoms with Crippen molar-refractivity contribution in [3.05, 3.63) is 88.7 Å². The zero-order valence-corrected chi connectivity index (χ0v) is 12.4. The first-order valence-electron chi connectivity index (χ1n) is 7.16. The number of benzene rings is 2. The Balaban J connectivity index is 2.04. The van der Waals surface area contributed by atoms with E-state index in [0.717, 1.165) is 22.6 Å². The summed E-state index contributed by atoms with van der Waals surface area (Å²) in [6, 6.07) is 23.1. The Bertz CT molecular complexity index is 805. The topological polar surface area (TPSA) is 31.2 Å². The molecule has 3 aromatic rings. The molecule has 1 aromatic heterocycles. The third-order valence-corrected chi connectivity index (χ3v) is 3.62. The summed E-state index contributed by atoms with van der Waals surface area (Å²) in [5.74, 6) is 0.802. The molecular weight excluding hydrogens is 274 g/mol. The van der Waals surface area contributed by atoms with E-state index in [1.54, 1.807) is 23.8 Å². The van der Waals surface area contributed by atoms with Gasteiger partial charge in [0.05, 0.1) is 19.3 Å². The Morgan fingerprint density at radius 3 is 2.27 bits per heavy atom. The van der Waals surface area contributed by atoms with Crippen LogP contribution in [0.2, 0.25) is 0 Å². The average Bonchev–Trinajstić information content (AvgIpc) is 2.58. The van der Waals surface area contributed by atoms with Gasteiger partial charge in [0.2, 0.25) is 0 Å². The van der Waals surface area contributed by atoms with Gasteiger partial charge in [-0.05, 0) is 41.5 Å². The summed E-state index contributed by atoms with van der Waals surface area (Å²) in [6.07, 6.45) is 0. The fraction of sp³-hybridized carbons (Fsp3) is 0.105. The maximum absolute atomic E-state index is 12.3. The Kier molecular flexibility index (Phi) is 4.05. The number of methoxy groups -OCH3 is 1. The number of hydrogen-bond acceptors (Lipinski definition) is 2. The van der Waals surface area contributed by atoms with E-state index in [2.05, 4.69) is 0 Å². The van der Waals surface area contributed by atoms with E-state index in [9.17, 15) is 4.79 Å². The molecule has 0 saturated heterocycles. The number of aromatic nitrogens is 1. The van der Waals surface area contributed by atoms with Gasteiger partial charge in [0.15, 0.2) is 0 Å². The molecule has 0 radical (unpaired) electrons. The van der Waals surface area contributed by atoms with Crippen LogP contribution in [-0.4, -0.2) is 11.7 Å². The molecule has 0 saturated carbocycles. The first-order chi connectivity index (χ1) is 10.8. The van der Waals surface area contributed by atoms with Crippen molar-refractivity contribution in [2.24, 2.45) is 0 Å². The summed E-state index contributed by atoms with van der Waals surface area (Å²) in [4.78, 5) is 12.3. The molecule has 0 aliphatic rings. The molecule has 0 amide bonds. The van der Waals surface area contributed by atoms with Gasteiger partial charge in [-0.25, -0.2) is 0 Å². The lowest BCUT2D eigenvalue weighted by atomic mass is 10.1. The quantitative estimate of drug-likeness (QED) is 0.736. The Labute approximate surface area is 129 Å². The Hall–Kier alpha value is -2.81. The van der Waals surface area contributed by atoms with E-state index >= 15 is 0 Å². The van der Waals surface area contributed by atoms with Crippen LogP contribution in [0.5, 0.6) is 5.75 Å². The molecule has 0 N–H and O–H groups in total. The van der Waals surface area contributed by atoms with Gasteiger partial charge in [0.25, 0.3) is 5.56 Å². The van der Waals surface area contributed by atoms with Crippen molar-refractivity contribution in [2.45, 2.75) is 6.54 Å². The first kappa shape index (κ1) is 14.1. The van der Waals surface area contributed by atoms with Crippen molar-refractivity contribution in [1.82, 2.24) is 4.57 Å². The van der Waals surface area contributed by atoms with Crippen molar-refractivity contribution in [3.63, 3.8) is 0 Å². The highest BCUT2D eigenvalue weighted by Gasteiger charge is 2.07. The molecule has 1 heterocycles. The fourth-order valence-corrected chi connectivity index (χ4v) is 2.46. The van der Waals surface area contributed by atoms with Crippen LogP contribution >= 0.6 is 0 Å². The molecule has 0 unspecified atom stereocenters. The third-order valence-electron chi connectivity index (χ3n) is 3.62. The summed E-state index contributed by atoms with van der Waals surface area (Å²) in [5, 5.41) is 0. The molecule has 22 heavy (non-hydrogen) atoms. The molecule has 0 atom stereocenters. The third kappa shape index (κ3) is 2.93. The molecule has 0 aliphatic carbocycles. The van der Waals surface area contributed by atoms with E-state index < -0.39 is 0 Å². The SMILES string of the molecule is COc1ccc(-c2cccc(=O)n2Cc2ccccc2)cc1. The van der Waals surface area contributed by atoms with E-state index in [0.29, 0.717) is 6.54 Å². The predicted octanol–water partition coefficient (Wildman–Crippen LogP) is 3.57. The van der Waals surface area contributed by atoms with E-state index in [-0.39, 0.29) is 5.56 Å². The van der Waals surface area contributed by atoms with Crippen molar-refractivity contribution in [2.75, 3.05) is 7.11 Å². The highest BCUT2D eigenvalue weighted by molar-refractivity contribution is 5.60. The largest absolute Gasteiger partial charge is 0.497 e. The predicted molar refractivity (Wildman–Crippen MR) is 88.2 cm³/mol. The smallest absolute Gasteiger partial charge is 0.251 e. The van der Waals surface area contributed by atoms with Crippen LogP contribution in [0.3, 0.4) is 0 Å². The lowest BCUT2D eigenvalue weighted by Gasteiger charge is -2.13. The molecular formula is C19H17NO2. The molecule has 0 aliphatic heterocycles. The average molecular weight is 291 g/mol. The molecule has 0 spiro atoms. The standard InChI is InChI=1S/C19H17NO2/c1-22-17-12-10-16(11-13-17)18-8-5-9-19(21)20(18)14-15-6-3-2-4-7-15/h2-13H,14H2,1H3. The van der Waals surface area contributed by atoms with Gasteiger partial charge in [-0.15, -0.1) is 0 Å². The second kappa shape index (κ2) is 6.31. The highest BCUT2D eigenvalue weighted by atomic mass is 16.5. The number of pyridine rings is 1. The van der Waals surface area contributed by atoms with Crippen molar-refractivity contribution < 1.29 is 4.74 Å². The van der Waals surface area contributed by atoms with Gasteiger partial charge in [0.1, 0.15) is 5.75 Å². The van der Waals surface area contributed by atoms with Crippen molar-refractivity contribution in [1.29, 1.82) is 0 Å². The van der Waals surface area contributed by atoms with Crippen LogP contribution in [0.4, 0.5) is 0 Å². The Morgan fingerprint density at radius 2 is 1.59 bits per heavy atom. The van der Waals surface area contributed by atoms with Gasteiger partial charge < -0.3 is 9.30 Å². The second-order valence-electron chi connectivity index (χ2n) is 5.05. The normalized spacial score (nSPS) is 10.4. The summed E-state index contributed by atoms with van der Waals surface area (Å²) in [5.41, 5.74) is 3.00. The molecule has 110 valence electrons. The van der Waals surface area contributed by atoms with Crippen LogP contribution in [0.25, 0.3) is 11.3 Å². The number of hydrogen-bond donors (Lipinski definition) is 0. The highest BCUT2D eigenvalue weighted by Crippen LogP contribution is 2.22. The second-order valence-corrected chi connectivity index (χ2v) is 5.05. The lowest BCUT2D eigenvalue weighted by molar-refractivity contribution is 0.415. The number of nitrogens with zero attached hydrogens (tertiary/aromatic N) is 1. The van der Waals surface area contributed by atoms with E-state index in [1.165, 1.54) is 0 Å². The summed E-state index contributed by atoms with van der Waals surface area (Å²) in [6.45, 7) is 0.557. The molecule has 2 aromatic carbocycles. The van der Waals surface area contributed by atoms with Crippen LogP contribution in [-0.2, 0) is 6.54 Å². The zero-order chi connectivity index (χ0) is 15.4. The van der Waals surface area contributed by atoms with Gasteiger partial charge in [-0.1, -0.05) is 36.4 Å². The lowest BCUT2D eigenvalue weighted by Crippen LogP contribution is -2.21. The van der Waals surface area contributed by atoms with Crippen LogP contribution in [0.15, 0.2) is 77.6 Å². The van der Waals surface area contributed by atoms with Gasteiger partial charge in [0, 0.05) is 6.07 Å². The summed E-state index contributed by atoms with van der Waals surface area (Å²) in [7, 11) is 1.64. The first-order valence-corrected chi connectivity index (χ1v) is 7.16.